The summed E-state index contributed by atoms with van der Waals surface area (Å²) < 4.78 is 28.9. The Morgan fingerprint density at radius 1 is 0.897 bits per heavy atom. The van der Waals surface area contributed by atoms with E-state index in [-0.39, 0.29) is 11.4 Å². The van der Waals surface area contributed by atoms with Crippen molar-refractivity contribution in [1.82, 2.24) is 0 Å². The molecule has 0 fully saturated rings. The lowest BCUT2D eigenvalue weighted by molar-refractivity contribution is 0.104. The minimum atomic E-state index is -4.03. The minimum Gasteiger partial charge on any atom is -0.360 e. The average molecular weight is 469 g/mol. The van der Waals surface area contributed by atoms with E-state index in [0.29, 0.717) is 16.9 Å². The van der Waals surface area contributed by atoms with Crippen LogP contribution in [0.5, 0.6) is 0 Å². The van der Waals surface area contributed by atoms with Crippen molar-refractivity contribution in [2.24, 2.45) is 0 Å². The molecule has 0 aromatic heterocycles. The third kappa shape index (κ3) is 3.83. The van der Waals surface area contributed by atoms with Gasteiger partial charge in [0.1, 0.15) is 0 Å². The fourth-order valence-corrected chi connectivity index (χ4v) is 4.93. The van der Waals surface area contributed by atoms with Crippen molar-refractivity contribution in [2.45, 2.75) is 6.54 Å². The number of nitrogens with one attached hydrogen (secondary N) is 1. The number of Topliss-reactive ketones (excluding diaryl/α,β-unsaturated/α-hetero) is 1. The number of ketones is 1. The molecule has 1 N–H and O–H groups in total. The quantitative estimate of drug-likeness (QED) is 0.550. The van der Waals surface area contributed by atoms with E-state index in [4.69, 9.17) is 0 Å². The second kappa shape index (κ2) is 7.85. The van der Waals surface area contributed by atoms with Gasteiger partial charge in [0.2, 0.25) is 5.78 Å². The Bertz CT molecular complexity index is 1190. The van der Waals surface area contributed by atoms with Crippen LogP contribution in [0.25, 0.3) is 0 Å². The number of carbonyl (C=O) groups is 1. The molecule has 3 aromatic carbocycles. The zero-order valence-corrected chi connectivity index (χ0v) is 17.7. The Balaban J connectivity index is 1.77. The van der Waals surface area contributed by atoms with Crippen LogP contribution >= 0.6 is 15.9 Å². The molecule has 1 heterocycles. The van der Waals surface area contributed by atoms with Gasteiger partial charge in [0.15, 0.2) is 4.91 Å². The zero-order valence-electron chi connectivity index (χ0n) is 15.2. The monoisotopic (exact) mass is 468 g/mol. The van der Waals surface area contributed by atoms with E-state index in [2.05, 4.69) is 21.2 Å². The molecule has 0 unspecified atom stereocenters. The van der Waals surface area contributed by atoms with Gasteiger partial charge in [-0.3, -0.25) is 9.10 Å². The Labute approximate surface area is 177 Å². The van der Waals surface area contributed by atoms with Crippen molar-refractivity contribution in [3.8, 4) is 0 Å². The number of carbonyl (C=O) groups excluding carboxylic acids is 1. The number of fused-ring (bicyclic) bond motifs is 1. The zero-order chi connectivity index (χ0) is 20.4. The molecule has 0 amide bonds. The molecular weight excluding hydrogens is 452 g/mol. The lowest BCUT2D eigenvalue weighted by Crippen LogP contribution is -2.39. The Morgan fingerprint density at radius 2 is 1.55 bits per heavy atom. The first-order chi connectivity index (χ1) is 14.0. The molecule has 0 bridgehead atoms. The standard InChI is InChI=1S/C22H17BrN2O3S/c23-17-10-12-18(13-11-17)24-14-21-22(26)19-8-4-5-9-20(19)25(29(21,27)28)15-16-6-2-1-3-7-16/h1-14,24H,15H2. The van der Waals surface area contributed by atoms with Crippen molar-refractivity contribution in [2.75, 3.05) is 9.62 Å². The summed E-state index contributed by atoms with van der Waals surface area (Å²) in [5.74, 6) is -0.519. The largest absolute Gasteiger partial charge is 0.360 e. The van der Waals surface area contributed by atoms with Crippen molar-refractivity contribution >= 4 is 43.1 Å². The van der Waals surface area contributed by atoms with E-state index in [1.54, 1.807) is 36.4 Å². The molecule has 7 heteroatoms. The summed E-state index contributed by atoms with van der Waals surface area (Å²) in [6.45, 7) is 0.142. The van der Waals surface area contributed by atoms with E-state index >= 15 is 0 Å². The van der Waals surface area contributed by atoms with Gasteiger partial charge in [-0.05, 0) is 42.0 Å². The van der Waals surface area contributed by atoms with Crippen molar-refractivity contribution in [3.05, 3.63) is 106 Å². The first-order valence-corrected chi connectivity index (χ1v) is 11.1. The molecule has 1 aliphatic rings. The van der Waals surface area contributed by atoms with Gasteiger partial charge in [0.25, 0.3) is 10.0 Å². The number of para-hydroxylation sites is 1. The normalized spacial score (nSPS) is 16.5. The molecule has 0 radical (unpaired) electrons. The van der Waals surface area contributed by atoms with Gasteiger partial charge in [-0.2, -0.15) is 0 Å². The number of halogens is 1. The highest BCUT2D eigenvalue weighted by atomic mass is 79.9. The molecule has 3 aromatic rings. The van der Waals surface area contributed by atoms with Crippen LogP contribution in [0.3, 0.4) is 0 Å². The molecule has 0 atom stereocenters. The molecule has 0 saturated carbocycles. The summed E-state index contributed by atoms with van der Waals surface area (Å²) in [5, 5.41) is 2.93. The van der Waals surface area contributed by atoms with Gasteiger partial charge in [-0.25, -0.2) is 8.42 Å². The van der Waals surface area contributed by atoms with E-state index in [9.17, 15) is 13.2 Å². The van der Waals surface area contributed by atoms with Crippen LogP contribution in [0, 0.1) is 0 Å². The van der Waals surface area contributed by atoms with Crippen LogP contribution in [-0.4, -0.2) is 14.2 Å². The van der Waals surface area contributed by atoms with Gasteiger partial charge in [-0.15, -0.1) is 0 Å². The Hall–Kier alpha value is -2.90. The lowest BCUT2D eigenvalue weighted by Gasteiger charge is -2.31. The molecule has 1 aliphatic heterocycles. The molecule has 0 saturated heterocycles. The smallest absolute Gasteiger partial charge is 0.270 e. The van der Waals surface area contributed by atoms with Crippen molar-refractivity contribution in [1.29, 1.82) is 0 Å². The maximum absolute atomic E-state index is 13.4. The number of anilines is 2. The highest BCUT2D eigenvalue weighted by Crippen LogP contribution is 2.36. The van der Waals surface area contributed by atoms with Crippen LogP contribution < -0.4 is 9.62 Å². The molecule has 0 spiro atoms. The van der Waals surface area contributed by atoms with Gasteiger partial charge in [0, 0.05) is 21.9 Å². The van der Waals surface area contributed by atoms with Gasteiger partial charge in [0.05, 0.1) is 12.2 Å². The first kappa shape index (κ1) is 19.4. The van der Waals surface area contributed by atoms with Crippen molar-refractivity contribution < 1.29 is 13.2 Å². The molecule has 29 heavy (non-hydrogen) atoms. The number of allylic oxidation sites excluding steroid dienone is 1. The molecular formula is C22H17BrN2O3S. The summed E-state index contributed by atoms with van der Waals surface area (Å²) in [6, 6.07) is 23.3. The predicted molar refractivity (Wildman–Crippen MR) is 118 cm³/mol. The predicted octanol–water partition coefficient (Wildman–Crippen LogP) is 4.94. The maximum Gasteiger partial charge on any atom is 0.270 e. The number of hydrogen-bond donors (Lipinski definition) is 1. The van der Waals surface area contributed by atoms with Gasteiger partial charge < -0.3 is 5.32 Å². The average Bonchev–Trinajstić information content (AvgIpc) is 2.73. The van der Waals surface area contributed by atoms with E-state index in [1.165, 1.54) is 10.5 Å². The molecule has 4 rings (SSSR count). The SMILES string of the molecule is O=C1C(=CNc2ccc(Br)cc2)S(=O)(=O)N(Cc2ccccc2)c2ccccc21. The number of sulfonamides is 1. The fraction of sp³-hybridized carbons (Fsp3) is 0.0455. The van der Waals surface area contributed by atoms with Crippen molar-refractivity contribution in [3.63, 3.8) is 0 Å². The highest BCUT2D eigenvalue weighted by Gasteiger charge is 2.39. The van der Waals surface area contributed by atoms with Gasteiger partial charge in [-0.1, -0.05) is 58.4 Å². The highest BCUT2D eigenvalue weighted by molar-refractivity contribution is 9.10. The maximum atomic E-state index is 13.4. The lowest BCUT2D eigenvalue weighted by atomic mass is 10.1. The summed E-state index contributed by atoms with van der Waals surface area (Å²) in [5.41, 5.74) is 2.27. The third-order valence-electron chi connectivity index (χ3n) is 4.59. The summed E-state index contributed by atoms with van der Waals surface area (Å²) in [6.07, 6.45) is 1.27. The third-order valence-corrected chi connectivity index (χ3v) is 6.89. The molecule has 0 aliphatic carbocycles. The number of benzene rings is 3. The van der Waals surface area contributed by atoms with E-state index in [0.717, 1.165) is 10.0 Å². The van der Waals surface area contributed by atoms with E-state index in [1.807, 2.05) is 42.5 Å². The second-order valence-electron chi connectivity index (χ2n) is 6.50. The van der Waals surface area contributed by atoms with Crippen LogP contribution in [0.1, 0.15) is 15.9 Å². The first-order valence-electron chi connectivity index (χ1n) is 8.89. The number of nitrogens with zero attached hydrogens (tertiary/aromatic N) is 1. The Morgan fingerprint density at radius 3 is 2.28 bits per heavy atom. The van der Waals surface area contributed by atoms with Crippen LogP contribution in [0.15, 0.2) is 94.4 Å². The second-order valence-corrected chi connectivity index (χ2v) is 9.25. The van der Waals surface area contributed by atoms with Crippen LogP contribution in [-0.2, 0) is 16.6 Å². The summed E-state index contributed by atoms with van der Waals surface area (Å²) >= 11 is 3.36. The summed E-state index contributed by atoms with van der Waals surface area (Å²) in [7, 11) is -4.03. The van der Waals surface area contributed by atoms with Crippen LogP contribution in [0.2, 0.25) is 0 Å². The summed E-state index contributed by atoms with van der Waals surface area (Å²) in [4.78, 5) is 12.7. The molecule has 5 nitrogen and oxygen atoms in total. The van der Waals surface area contributed by atoms with E-state index < -0.39 is 15.8 Å². The fourth-order valence-electron chi connectivity index (χ4n) is 3.14. The molecule has 146 valence electrons. The van der Waals surface area contributed by atoms with Crippen LogP contribution in [0.4, 0.5) is 11.4 Å². The topological polar surface area (TPSA) is 66.5 Å². The number of hydrogen-bond acceptors (Lipinski definition) is 4. The minimum absolute atomic E-state index is 0.142. The Kier molecular flexibility index (Phi) is 5.25. The number of rotatable bonds is 4. The van der Waals surface area contributed by atoms with Gasteiger partial charge >= 0.3 is 0 Å².